The Bertz CT molecular complexity index is 591. The quantitative estimate of drug-likeness (QED) is 0.857. The number of Topliss-reactive ketones (excluding diaryl/α,β-unsaturated/α-hetero) is 1. The van der Waals surface area contributed by atoms with Gasteiger partial charge in [0.2, 0.25) is 5.78 Å². The first-order valence-electron chi connectivity index (χ1n) is 5.85. The highest BCUT2D eigenvalue weighted by Gasteiger charge is 2.41. The maximum absolute atomic E-state index is 12.2. The fourth-order valence-corrected chi connectivity index (χ4v) is 2.10. The van der Waals surface area contributed by atoms with Gasteiger partial charge in [-0.3, -0.25) is 4.79 Å². The molecule has 0 aliphatic carbocycles. The highest BCUT2D eigenvalue weighted by Crippen LogP contribution is 2.27. The maximum atomic E-state index is 12.2. The van der Waals surface area contributed by atoms with Gasteiger partial charge in [-0.05, 0) is 17.7 Å². The third-order valence-corrected chi connectivity index (χ3v) is 2.99. The number of cyclic esters (lactones) is 1. The SMILES string of the molecule is O=C1N[C@H](c2ccccc2)[C@@H](C(=O)c2ccco2)O1. The molecule has 0 unspecified atom stereocenters. The summed E-state index contributed by atoms with van der Waals surface area (Å²) in [5.74, 6) is -0.167. The predicted octanol–water partition coefficient (Wildman–Crippen LogP) is 2.31. The number of benzene rings is 1. The summed E-state index contributed by atoms with van der Waals surface area (Å²) in [7, 11) is 0. The minimum Gasteiger partial charge on any atom is -0.461 e. The van der Waals surface area contributed by atoms with E-state index in [4.69, 9.17) is 9.15 Å². The molecule has 1 aliphatic rings. The highest BCUT2D eigenvalue weighted by molar-refractivity contribution is 6.00. The highest BCUT2D eigenvalue weighted by atomic mass is 16.6. The second kappa shape index (κ2) is 4.61. The Balaban J connectivity index is 1.91. The van der Waals surface area contributed by atoms with Crippen molar-refractivity contribution in [1.29, 1.82) is 0 Å². The van der Waals surface area contributed by atoms with Crippen molar-refractivity contribution in [3.8, 4) is 0 Å². The van der Waals surface area contributed by atoms with Crippen LogP contribution >= 0.6 is 0 Å². The van der Waals surface area contributed by atoms with Crippen molar-refractivity contribution in [3.63, 3.8) is 0 Å². The fraction of sp³-hybridized carbons (Fsp3) is 0.143. The standard InChI is InChI=1S/C14H11NO4/c16-12(10-7-4-8-18-10)13-11(15-14(17)19-13)9-5-2-1-3-6-9/h1-8,11,13H,(H,15,17)/t11-,13+/m1/s1. The zero-order chi connectivity index (χ0) is 13.2. The van der Waals surface area contributed by atoms with Gasteiger partial charge in [0, 0.05) is 0 Å². The molecule has 2 aromatic rings. The van der Waals surface area contributed by atoms with Crippen molar-refractivity contribution >= 4 is 11.9 Å². The van der Waals surface area contributed by atoms with Crippen molar-refractivity contribution < 1.29 is 18.7 Å². The fourth-order valence-electron chi connectivity index (χ4n) is 2.10. The van der Waals surface area contributed by atoms with Gasteiger partial charge in [0.15, 0.2) is 11.9 Å². The molecule has 1 aromatic carbocycles. The van der Waals surface area contributed by atoms with Gasteiger partial charge in [-0.2, -0.15) is 0 Å². The van der Waals surface area contributed by atoms with Crippen LogP contribution in [0, 0.1) is 0 Å². The van der Waals surface area contributed by atoms with Crippen LogP contribution in [0.25, 0.3) is 0 Å². The Kier molecular flexibility index (Phi) is 2.79. The first kappa shape index (κ1) is 11.5. The van der Waals surface area contributed by atoms with Crippen molar-refractivity contribution in [2.24, 2.45) is 0 Å². The van der Waals surface area contributed by atoms with Crippen LogP contribution in [-0.2, 0) is 4.74 Å². The Morgan fingerprint density at radius 3 is 2.58 bits per heavy atom. The van der Waals surface area contributed by atoms with E-state index in [0.717, 1.165) is 5.56 Å². The number of amides is 1. The second-order valence-corrected chi connectivity index (χ2v) is 4.20. The number of furan rings is 1. The molecule has 5 heteroatoms. The van der Waals surface area contributed by atoms with Gasteiger partial charge in [0.05, 0.1) is 6.26 Å². The Morgan fingerprint density at radius 1 is 1.11 bits per heavy atom. The Hall–Kier alpha value is -2.56. The maximum Gasteiger partial charge on any atom is 0.408 e. The van der Waals surface area contributed by atoms with E-state index in [1.54, 1.807) is 12.1 Å². The molecule has 0 radical (unpaired) electrons. The van der Waals surface area contributed by atoms with E-state index >= 15 is 0 Å². The molecular formula is C14H11NO4. The third-order valence-electron chi connectivity index (χ3n) is 2.99. The molecule has 0 spiro atoms. The summed E-state index contributed by atoms with van der Waals surface area (Å²) in [6.45, 7) is 0. The van der Waals surface area contributed by atoms with Crippen molar-refractivity contribution in [3.05, 3.63) is 60.1 Å². The van der Waals surface area contributed by atoms with E-state index in [1.807, 2.05) is 30.3 Å². The largest absolute Gasteiger partial charge is 0.461 e. The number of rotatable bonds is 3. The number of ether oxygens (including phenoxy) is 1. The summed E-state index contributed by atoms with van der Waals surface area (Å²) >= 11 is 0. The van der Waals surface area contributed by atoms with E-state index in [-0.39, 0.29) is 11.5 Å². The lowest BCUT2D eigenvalue weighted by Gasteiger charge is -2.14. The van der Waals surface area contributed by atoms with Crippen LogP contribution in [0.3, 0.4) is 0 Å². The minimum atomic E-state index is -0.902. The summed E-state index contributed by atoms with van der Waals surface area (Å²) in [5, 5.41) is 2.64. The van der Waals surface area contributed by atoms with Gasteiger partial charge in [-0.1, -0.05) is 30.3 Å². The first-order chi connectivity index (χ1) is 9.25. The summed E-state index contributed by atoms with van der Waals surface area (Å²) in [6.07, 6.45) is -0.0885. The lowest BCUT2D eigenvalue weighted by atomic mass is 9.98. The molecule has 2 heterocycles. The molecule has 5 nitrogen and oxygen atoms in total. The molecular weight excluding hydrogens is 246 g/mol. The zero-order valence-corrected chi connectivity index (χ0v) is 9.91. The molecule has 1 aromatic heterocycles. The van der Waals surface area contributed by atoms with Crippen LogP contribution in [0.4, 0.5) is 4.79 Å². The zero-order valence-electron chi connectivity index (χ0n) is 9.91. The van der Waals surface area contributed by atoms with Crippen LogP contribution < -0.4 is 5.32 Å². The predicted molar refractivity (Wildman–Crippen MR) is 65.6 cm³/mol. The molecule has 0 saturated carbocycles. The lowest BCUT2D eigenvalue weighted by molar-refractivity contribution is 0.0694. The van der Waals surface area contributed by atoms with Crippen LogP contribution in [0.15, 0.2) is 53.1 Å². The normalized spacial score (nSPS) is 21.8. The number of nitrogens with one attached hydrogen (secondary N) is 1. The van der Waals surface area contributed by atoms with E-state index < -0.39 is 18.2 Å². The Morgan fingerprint density at radius 2 is 1.89 bits per heavy atom. The molecule has 3 rings (SSSR count). The number of carbonyl (C=O) groups is 2. The number of hydrogen-bond acceptors (Lipinski definition) is 4. The topological polar surface area (TPSA) is 68.5 Å². The van der Waals surface area contributed by atoms with Crippen LogP contribution in [0.5, 0.6) is 0 Å². The van der Waals surface area contributed by atoms with Crippen LogP contribution in [0.1, 0.15) is 22.2 Å². The summed E-state index contributed by atoms with van der Waals surface area (Å²) in [4.78, 5) is 23.6. The molecule has 96 valence electrons. The minimum absolute atomic E-state index is 0.183. The lowest BCUT2D eigenvalue weighted by Crippen LogP contribution is -2.29. The monoisotopic (exact) mass is 257 g/mol. The molecule has 1 aliphatic heterocycles. The molecule has 2 atom stereocenters. The van der Waals surface area contributed by atoms with Crippen LogP contribution in [0.2, 0.25) is 0 Å². The van der Waals surface area contributed by atoms with Crippen molar-refractivity contribution in [2.45, 2.75) is 12.1 Å². The first-order valence-corrected chi connectivity index (χ1v) is 5.85. The van der Waals surface area contributed by atoms with Gasteiger partial charge in [-0.25, -0.2) is 4.79 Å². The van der Waals surface area contributed by atoms with Gasteiger partial charge >= 0.3 is 6.09 Å². The number of alkyl carbamates (subject to hydrolysis) is 1. The number of hydrogen-bond donors (Lipinski definition) is 1. The van der Waals surface area contributed by atoms with Crippen LogP contribution in [-0.4, -0.2) is 18.0 Å². The number of ketones is 1. The van der Waals surface area contributed by atoms with Crippen molar-refractivity contribution in [2.75, 3.05) is 0 Å². The summed E-state index contributed by atoms with van der Waals surface area (Å²) in [5.41, 5.74) is 0.818. The van der Waals surface area contributed by atoms with E-state index in [2.05, 4.69) is 5.32 Å². The van der Waals surface area contributed by atoms with Gasteiger partial charge in [0.1, 0.15) is 6.04 Å². The molecule has 1 fully saturated rings. The van der Waals surface area contributed by atoms with Gasteiger partial charge in [0.25, 0.3) is 0 Å². The smallest absolute Gasteiger partial charge is 0.408 e. The molecule has 1 amide bonds. The average Bonchev–Trinajstić information content (AvgIpc) is 3.08. The Labute approximate surface area is 109 Å². The average molecular weight is 257 g/mol. The molecule has 1 saturated heterocycles. The second-order valence-electron chi connectivity index (χ2n) is 4.20. The summed E-state index contributed by atoms with van der Waals surface area (Å²) in [6, 6.07) is 11.9. The van der Waals surface area contributed by atoms with E-state index in [0.29, 0.717) is 0 Å². The van der Waals surface area contributed by atoms with Gasteiger partial charge in [-0.15, -0.1) is 0 Å². The van der Waals surface area contributed by atoms with Crippen molar-refractivity contribution in [1.82, 2.24) is 5.32 Å². The van der Waals surface area contributed by atoms with Gasteiger partial charge < -0.3 is 14.5 Å². The molecule has 19 heavy (non-hydrogen) atoms. The number of carbonyl (C=O) groups excluding carboxylic acids is 2. The van der Waals surface area contributed by atoms with E-state index in [1.165, 1.54) is 6.26 Å². The molecule has 1 N–H and O–H groups in total. The van der Waals surface area contributed by atoms with E-state index in [9.17, 15) is 9.59 Å². The third kappa shape index (κ3) is 2.10. The summed E-state index contributed by atoms with van der Waals surface area (Å²) < 4.78 is 10.1. The molecule has 0 bridgehead atoms.